The standard InChI is InChI=1S/C45H27N5/c1-2-29-32-14-9-23-47-43(32)42(28-19-17-26(25-46)18-20-28)48-45(29)50-37-22-21-27-10-3-4-11-30(27)39(37)41-38(50)24-34-31-12-5-7-15-35(31)49-36-16-8-6-13-33(36)40(41)44(34)49/h3-24H,2H2,1H3. The highest BCUT2D eigenvalue weighted by atomic mass is 15.1. The van der Waals surface area contributed by atoms with Crippen LogP contribution in [-0.2, 0) is 6.42 Å². The monoisotopic (exact) mass is 637 g/mol. The summed E-state index contributed by atoms with van der Waals surface area (Å²) in [6.45, 7) is 2.21. The molecule has 50 heavy (non-hydrogen) atoms. The number of aromatic nitrogens is 4. The zero-order valence-corrected chi connectivity index (χ0v) is 27.1. The van der Waals surface area contributed by atoms with Gasteiger partial charge in [0.15, 0.2) is 0 Å². The number of hydrogen-bond donors (Lipinski definition) is 0. The average Bonchev–Trinajstić information content (AvgIpc) is 3.82. The van der Waals surface area contributed by atoms with E-state index in [9.17, 15) is 5.26 Å². The summed E-state index contributed by atoms with van der Waals surface area (Å²) in [5.41, 5.74) is 10.3. The molecule has 232 valence electrons. The lowest BCUT2D eigenvalue weighted by Gasteiger charge is -2.17. The van der Waals surface area contributed by atoms with Crippen LogP contribution in [0.3, 0.4) is 0 Å². The summed E-state index contributed by atoms with van der Waals surface area (Å²) < 4.78 is 4.88. The summed E-state index contributed by atoms with van der Waals surface area (Å²) in [5.74, 6) is 0.907. The van der Waals surface area contributed by atoms with Crippen molar-refractivity contribution in [2.75, 3.05) is 0 Å². The molecule has 0 saturated carbocycles. The normalized spacial score (nSPS) is 12.2. The zero-order valence-electron chi connectivity index (χ0n) is 27.1. The zero-order chi connectivity index (χ0) is 33.1. The number of aryl methyl sites for hydroxylation is 1. The SMILES string of the molecule is CCc1c(-n2c3ccc4ccccc4c3c3c4c5ccccc5n5c6ccccc6c(cc32)c45)nc(-c2ccc(C#N)cc2)c2ncccc12. The Labute approximate surface area is 286 Å². The van der Waals surface area contributed by atoms with Crippen molar-refractivity contribution in [2.45, 2.75) is 13.3 Å². The Morgan fingerprint density at radius 2 is 1.34 bits per heavy atom. The molecule has 0 aliphatic carbocycles. The number of pyridine rings is 2. The Bertz CT molecular complexity index is 3250. The van der Waals surface area contributed by atoms with Gasteiger partial charge in [-0.15, -0.1) is 0 Å². The smallest absolute Gasteiger partial charge is 0.142 e. The van der Waals surface area contributed by atoms with E-state index in [1.807, 2.05) is 36.5 Å². The molecule has 5 heteroatoms. The van der Waals surface area contributed by atoms with Gasteiger partial charge in [-0.1, -0.05) is 91.9 Å². The maximum Gasteiger partial charge on any atom is 0.142 e. The van der Waals surface area contributed by atoms with Crippen molar-refractivity contribution < 1.29 is 0 Å². The molecule has 0 atom stereocenters. The van der Waals surface area contributed by atoms with Crippen molar-refractivity contribution in [1.29, 1.82) is 5.26 Å². The van der Waals surface area contributed by atoms with Gasteiger partial charge in [-0.2, -0.15) is 5.26 Å². The number of fused-ring (bicyclic) bond motifs is 13. The van der Waals surface area contributed by atoms with Crippen LogP contribution in [0.4, 0.5) is 0 Å². The first-order valence-corrected chi connectivity index (χ1v) is 17.1. The molecule has 6 aromatic carbocycles. The second-order valence-corrected chi connectivity index (χ2v) is 13.1. The molecule has 0 aliphatic rings. The van der Waals surface area contributed by atoms with Crippen LogP contribution in [0.15, 0.2) is 134 Å². The second kappa shape index (κ2) is 9.88. The number of hydrogen-bond acceptors (Lipinski definition) is 3. The van der Waals surface area contributed by atoms with E-state index in [2.05, 4.69) is 119 Å². The minimum absolute atomic E-state index is 0.618. The maximum atomic E-state index is 9.54. The topological polar surface area (TPSA) is 58.9 Å². The minimum atomic E-state index is 0.618. The van der Waals surface area contributed by atoms with Crippen molar-refractivity contribution >= 4 is 81.6 Å². The van der Waals surface area contributed by atoms with Crippen molar-refractivity contribution in [3.05, 3.63) is 145 Å². The van der Waals surface area contributed by atoms with Crippen LogP contribution in [0.1, 0.15) is 18.1 Å². The van der Waals surface area contributed by atoms with Gasteiger partial charge in [-0.05, 0) is 59.7 Å². The molecule has 0 amide bonds. The first-order chi connectivity index (χ1) is 24.7. The quantitative estimate of drug-likeness (QED) is 0.194. The fraction of sp³-hybridized carbons (Fsp3) is 0.0444. The van der Waals surface area contributed by atoms with Gasteiger partial charge in [0, 0.05) is 55.0 Å². The molecule has 0 radical (unpaired) electrons. The lowest BCUT2D eigenvalue weighted by atomic mass is 9.99. The summed E-state index contributed by atoms with van der Waals surface area (Å²) in [5, 5.41) is 20.5. The molecule has 0 N–H and O–H groups in total. The van der Waals surface area contributed by atoms with Gasteiger partial charge in [0.05, 0.1) is 50.4 Å². The molecule has 0 spiro atoms. The van der Waals surface area contributed by atoms with Gasteiger partial charge >= 0.3 is 0 Å². The van der Waals surface area contributed by atoms with E-state index < -0.39 is 0 Å². The van der Waals surface area contributed by atoms with Gasteiger partial charge in [0.1, 0.15) is 5.82 Å². The molecule has 0 unspecified atom stereocenters. The molecular formula is C45H27N5. The van der Waals surface area contributed by atoms with Gasteiger partial charge in [0.25, 0.3) is 0 Å². The van der Waals surface area contributed by atoms with E-state index in [1.165, 1.54) is 59.6 Å². The minimum Gasteiger partial charge on any atom is -0.308 e. The Morgan fingerprint density at radius 1 is 0.620 bits per heavy atom. The highest BCUT2D eigenvalue weighted by Gasteiger charge is 2.27. The Kier molecular flexibility index (Phi) is 5.38. The third-order valence-electron chi connectivity index (χ3n) is 10.7. The third-order valence-corrected chi connectivity index (χ3v) is 10.7. The highest BCUT2D eigenvalue weighted by molar-refractivity contribution is 6.38. The van der Waals surface area contributed by atoms with Crippen LogP contribution in [0.5, 0.6) is 0 Å². The lowest BCUT2D eigenvalue weighted by Crippen LogP contribution is -2.06. The van der Waals surface area contributed by atoms with Crippen LogP contribution in [0.25, 0.3) is 98.7 Å². The Hall–Kier alpha value is -6.77. The molecule has 11 rings (SSSR count). The van der Waals surface area contributed by atoms with E-state index in [0.717, 1.165) is 51.0 Å². The van der Waals surface area contributed by atoms with E-state index in [4.69, 9.17) is 9.97 Å². The molecular weight excluding hydrogens is 611 g/mol. The first-order valence-electron chi connectivity index (χ1n) is 17.1. The highest BCUT2D eigenvalue weighted by Crippen LogP contribution is 2.48. The summed E-state index contributed by atoms with van der Waals surface area (Å²) in [7, 11) is 0. The maximum absolute atomic E-state index is 9.54. The van der Waals surface area contributed by atoms with Crippen LogP contribution in [0, 0.1) is 11.3 Å². The predicted octanol–water partition coefficient (Wildman–Crippen LogP) is 11.1. The predicted molar refractivity (Wildman–Crippen MR) is 206 cm³/mol. The second-order valence-electron chi connectivity index (χ2n) is 13.1. The molecule has 0 bridgehead atoms. The number of nitrogens with zero attached hydrogens (tertiary/aromatic N) is 5. The van der Waals surface area contributed by atoms with Crippen LogP contribution >= 0.6 is 0 Å². The molecule has 11 aromatic rings. The Morgan fingerprint density at radius 3 is 2.14 bits per heavy atom. The van der Waals surface area contributed by atoms with Gasteiger partial charge in [-0.25, -0.2) is 4.98 Å². The van der Waals surface area contributed by atoms with Gasteiger partial charge in [0.2, 0.25) is 0 Å². The molecule has 0 fully saturated rings. The summed E-state index contributed by atoms with van der Waals surface area (Å²) in [6.07, 6.45) is 2.62. The number of nitriles is 1. The van der Waals surface area contributed by atoms with Gasteiger partial charge < -0.3 is 4.40 Å². The van der Waals surface area contributed by atoms with Gasteiger partial charge in [-0.3, -0.25) is 9.55 Å². The molecule has 0 saturated heterocycles. The van der Waals surface area contributed by atoms with Crippen molar-refractivity contribution in [3.8, 4) is 23.1 Å². The van der Waals surface area contributed by atoms with E-state index in [-0.39, 0.29) is 0 Å². The summed E-state index contributed by atoms with van der Waals surface area (Å²) >= 11 is 0. The largest absolute Gasteiger partial charge is 0.308 e. The Balaban J connectivity index is 1.41. The number of para-hydroxylation sites is 2. The summed E-state index contributed by atoms with van der Waals surface area (Å²) in [6, 6.07) is 47.4. The molecule has 0 aliphatic heterocycles. The van der Waals surface area contributed by atoms with Crippen LogP contribution in [-0.4, -0.2) is 18.9 Å². The molecule has 5 nitrogen and oxygen atoms in total. The average molecular weight is 638 g/mol. The van der Waals surface area contributed by atoms with E-state index >= 15 is 0 Å². The lowest BCUT2D eigenvalue weighted by molar-refractivity contribution is 1.02. The van der Waals surface area contributed by atoms with Crippen LogP contribution < -0.4 is 0 Å². The molecule has 5 heterocycles. The fourth-order valence-electron chi connectivity index (χ4n) is 8.62. The van der Waals surface area contributed by atoms with E-state index in [1.54, 1.807) is 0 Å². The van der Waals surface area contributed by atoms with Crippen molar-refractivity contribution in [1.82, 2.24) is 18.9 Å². The van der Waals surface area contributed by atoms with Crippen molar-refractivity contribution in [2.24, 2.45) is 0 Å². The number of benzene rings is 6. The third kappa shape index (κ3) is 3.39. The van der Waals surface area contributed by atoms with E-state index in [0.29, 0.717) is 5.56 Å². The number of rotatable bonds is 3. The van der Waals surface area contributed by atoms with Crippen LogP contribution in [0.2, 0.25) is 0 Å². The van der Waals surface area contributed by atoms with Crippen molar-refractivity contribution in [3.63, 3.8) is 0 Å². The molecule has 5 aromatic heterocycles. The fourth-order valence-corrected chi connectivity index (χ4v) is 8.62. The first kappa shape index (κ1) is 27.2. The summed E-state index contributed by atoms with van der Waals surface area (Å²) in [4.78, 5) is 10.5.